The number of carbonyl (C=O) groups is 2. The summed E-state index contributed by atoms with van der Waals surface area (Å²) < 4.78 is 33.3. The number of carbonyl (C=O) groups excluding carboxylic acids is 2. The molecule has 0 bridgehead atoms. The molecule has 0 fully saturated rings. The van der Waals surface area contributed by atoms with Gasteiger partial charge in [0.2, 0.25) is 0 Å². The molecule has 0 heterocycles. The Morgan fingerprint density at radius 2 is 0.573 bits per heavy atom. The first-order valence-electron chi connectivity index (χ1n) is 40.5. The second kappa shape index (κ2) is 80.4. The zero-order valence-corrected chi connectivity index (χ0v) is 63.5. The Labute approximate surface area is 593 Å². The Morgan fingerprint density at radius 1 is 0.323 bits per heavy atom. The van der Waals surface area contributed by atoms with Crippen molar-refractivity contribution in [2.45, 2.75) is 386 Å². The Kier molecular flexibility index (Phi) is 77.4. The number of unbranched alkanes of at least 4 members (excludes halogenated alkanes) is 43. The highest BCUT2D eigenvalue weighted by atomic mass is 31.2. The molecule has 0 aliphatic carbocycles. The summed E-state index contributed by atoms with van der Waals surface area (Å²) >= 11 is 0. The van der Waals surface area contributed by atoms with Crippen molar-refractivity contribution in [3.63, 3.8) is 0 Å². The molecule has 0 aromatic carbocycles. The monoisotopic (exact) mass is 1360 g/mol. The molecule has 3 N–H and O–H groups in total. The summed E-state index contributed by atoms with van der Waals surface area (Å²) in [4.78, 5) is 35.5. The van der Waals surface area contributed by atoms with Crippen molar-refractivity contribution < 1.29 is 37.6 Å². The molecule has 10 heteroatoms. The van der Waals surface area contributed by atoms with Crippen LogP contribution in [-0.2, 0) is 32.7 Å². The van der Waals surface area contributed by atoms with Crippen LogP contribution in [0.5, 0.6) is 0 Å². The van der Waals surface area contributed by atoms with Gasteiger partial charge in [-0.3, -0.25) is 18.6 Å². The van der Waals surface area contributed by atoms with Crippen LogP contribution >= 0.6 is 7.82 Å². The highest BCUT2D eigenvalue weighted by molar-refractivity contribution is 7.47. The van der Waals surface area contributed by atoms with E-state index in [2.05, 4.69) is 135 Å². The van der Waals surface area contributed by atoms with Crippen molar-refractivity contribution in [2.24, 2.45) is 5.73 Å². The minimum absolute atomic E-state index is 0.0483. The van der Waals surface area contributed by atoms with E-state index in [9.17, 15) is 19.0 Å². The molecule has 0 amide bonds. The predicted octanol–water partition coefficient (Wildman–Crippen LogP) is 27.4. The summed E-state index contributed by atoms with van der Waals surface area (Å²) in [6.45, 7) is 3.67. The number of phosphoric ester groups is 1. The molecule has 0 aromatic rings. The van der Waals surface area contributed by atoms with Gasteiger partial charge >= 0.3 is 19.8 Å². The number of rotatable bonds is 76. The fourth-order valence-corrected chi connectivity index (χ4v) is 12.4. The van der Waals surface area contributed by atoms with Crippen LogP contribution in [0.1, 0.15) is 380 Å². The first-order chi connectivity index (χ1) is 47.3. The second-order valence-electron chi connectivity index (χ2n) is 26.9. The van der Waals surface area contributed by atoms with Crippen LogP contribution in [-0.4, -0.2) is 49.3 Å². The van der Waals surface area contributed by atoms with E-state index < -0.39 is 26.5 Å². The molecule has 0 saturated carbocycles. The van der Waals surface area contributed by atoms with Gasteiger partial charge in [-0.1, -0.05) is 399 Å². The third kappa shape index (κ3) is 79.4. The van der Waals surface area contributed by atoms with E-state index in [0.29, 0.717) is 6.42 Å². The number of ether oxygens (including phenoxy) is 2. The Morgan fingerprint density at radius 3 is 0.854 bits per heavy atom. The molecule has 2 atom stereocenters. The van der Waals surface area contributed by atoms with E-state index in [1.807, 2.05) is 0 Å². The van der Waals surface area contributed by atoms with E-state index in [1.54, 1.807) is 0 Å². The Hall–Kier alpha value is -3.59. The number of hydrogen-bond donors (Lipinski definition) is 2. The molecule has 2 unspecified atom stereocenters. The molecule has 0 aliphatic rings. The molecule has 554 valence electrons. The first-order valence-corrected chi connectivity index (χ1v) is 42.0. The van der Waals surface area contributed by atoms with Crippen LogP contribution in [0.25, 0.3) is 0 Å². The number of nitrogens with two attached hydrogens (primary N) is 1. The first kappa shape index (κ1) is 92.4. The average Bonchev–Trinajstić information content (AvgIpc) is 3.21. The Balaban J connectivity index is 3.86. The highest BCUT2D eigenvalue weighted by Crippen LogP contribution is 2.43. The van der Waals surface area contributed by atoms with E-state index in [0.717, 1.165) is 109 Å². The van der Waals surface area contributed by atoms with Gasteiger partial charge in [-0.05, 0) is 89.9 Å². The fourth-order valence-electron chi connectivity index (χ4n) is 11.7. The van der Waals surface area contributed by atoms with Gasteiger partial charge in [0.25, 0.3) is 0 Å². The topological polar surface area (TPSA) is 134 Å². The van der Waals surface area contributed by atoms with Crippen molar-refractivity contribution in [1.29, 1.82) is 0 Å². The largest absolute Gasteiger partial charge is 0.472 e. The summed E-state index contributed by atoms with van der Waals surface area (Å²) in [5.74, 6) is -0.828. The molecule has 9 nitrogen and oxygen atoms in total. The van der Waals surface area contributed by atoms with Crippen molar-refractivity contribution in [1.82, 2.24) is 0 Å². The summed E-state index contributed by atoms with van der Waals surface area (Å²) in [5, 5.41) is 0. The number of phosphoric acid groups is 1. The van der Waals surface area contributed by atoms with Gasteiger partial charge in [-0.15, -0.1) is 0 Å². The van der Waals surface area contributed by atoms with Gasteiger partial charge in [0, 0.05) is 19.4 Å². The molecule has 0 saturated heterocycles. The summed E-state index contributed by atoms with van der Waals surface area (Å²) in [6.07, 6.45) is 113. The van der Waals surface area contributed by atoms with Crippen LogP contribution in [0.3, 0.4) is 0 Å². The lowest BCUT2D eigenvalue weighted by molar-refractivity contribution is -0.161. The summed E-state index contributed by atoms with van der Waals surface area (Å²) in [7, 11) is -4.41. The maximum absolute atomic E-state index is 12.8. The van der Waals surface area contributed by atoms with E-state index >= 15 is 0 Å². The maximum atomic E-state index is 12.8. The van der Waals surface area contributed by atoms with Gasteiger partial charge in [0.15, 0.2) is 6.10 Å². The second-order valence-corrected chi connectivity index (χ2v) is 28.4. The van der Waals surface area contributed by atoms with Gasteiger partial charge < -0.3 is 20.1 Å². The third-order valence-corrected chi connectivity index (χ3v) is 18.6. The smallest absolute Gasteiger partial charge is 0.462 e. The van der Waals surface area contributed by atoms with Crippen molar-refractivity contribution in [3.05, 3.63) is 122 Å². The lowest BCUT2D eigenvalue weighted by atomic mass is 10.0. The van der Waals surface area contributed by atoms with Crippen molar-refractivity contribution >= 4 is 19.8 Å². The lowest BCUT2D eigenvalue weighted by Crippen LogP contribution is -2.29. The van der Waals surface area contributed by atoms with E-state index in [-0.39, 0.29) is 38.6 Å². The molecular formula is C86H152NO8P. The number of hydrogen-bond acceptors (Lipinski definition) is 8. The molecule has 0 spiro atoms. The fraction of sp³-hybridized carbons (Fsp3) is 0.744. The average molecular weight is 1360 g/mol. The standard InChI is InChI=1S/C86H152NO8P/c1-3-5-7-9-11-13-15-17-19-21-23-25-27-29-31-33-35-37-39-41-42-43-45-47-49-51-53-55-57-59-61-63-65-67-69-71-73-75-77-79-86(89)95-84(83-94-96(90,91)93-81-80-87)82-92-85(88)78-76-74-72-70-68-66-64-62-60-58-56-54-52-50-48-46-44-40-38-36-34-32-30-28-26-24-22-20-18-16-14-12-10-8-6-4-2/h5,7,11,13,17,19,23,25,29,31,35,37,41-42,45,47,51,53,57,59,84H,3-4,6,8-10,12,14-16,18,20-22,24,26-28,30,32-34,36,38-40,43-44,46,48-50,52,54-56,58,60-83,87H2,1-2H3,(H,90,91)/b7-5-,13-11-,19-17-,25-23-,31-29-,37-35-,42-41-,47-45-,53-51-,59-57-. The maximum Gasteiger partial charge on any atom is 0.472 e. The molecule has 0 aromatic heterocycles. The highest BCUT2D eigenvalue weighted by Gasteiger charge is 2.26. The Bertz CT molecular complexity index is 2000. The zero-order chi connectivity index (χ0) is 69.3. The van der Waals surface area contributed by atoms with Crippen LogP contribution in [0.2, 0.25) is 0 Å². The molecule has 0 radical (unpaired) electrons. The van der Waals surface area contributed by atoms with Gasteiger partial charge in [-0.2, -0.15) is 0 Å². The molecule has 96 heavy (non-hydrogen) atoms. The quantitative estimate of drug-likeness (QED) is 0.0264. The molecular weight excluding hydrogens is 1210 g/mol. The summed E-state index contributed by atoms with van der Waals surface area (Å²) in [5.41, 5.74) is 5.41. The lowest BCUT2D eigenvalue weighted by Gasteiger charge is -2.19. The van der Waals surface area contributed by atoms with E-state index in [4.69, 9.17) is 24.3 Å². The van der Waals surface area contributed by atoms with Gasteiger partial charge in [0.1, 0.15) is 6.61 Å². The normalized spacial score (nSPS) is 13.5. The van der Waals surface area contributed by atoms with Gasteiger partial charge in [0.05, 0.1) is 13.2 Å². The number of allylic oxidation sites excluding steroid dienone is 20. The van der Waals surface area contributed by atoms with Crippen LogP contribution < -0.4 is 5.73 Å². The van der Waals surface area contributed by atoms with Crippen LogP contribution in [0, 0.1) is 0 Å². The van der Waals surface area contributed by atoms with Crippen molar-refractivity contribution in [2.75, 3.05) is 26.4 Å². The van der Waals surface area contributed by atoms with Crippen LogP contribution in [0.15, 0.2) is 122 Å². The van der Waals surface area contributed by atoms with Crippen LogP contribution in [0.4, 0.5) is 0 Å². The van der Waals surface area contributed by atoms with Crippen molar-refractivity contribution in [3.8, 4) is 0 Å². The summed E-state index contributed by atoms with van der Waals surface area (Å²) in [6, 6.07) is 0. The number of esters is 2. The van der Waals surface area contributed by atoms with E-state index in [1.165, 1.54) is 238 Å². The zero-order valence-electron chi connectivity index (χ0n) is 62.6. The predicted molar refractivity (Wildman–Crippen MR) is 418 cm³/mol. The minimum Gasteiger partial charge on any atom is -0.462 e. The molecule has 0 aliphatic heterocycles. The van der Waals surface area contributed by atoms with Gasteiger partial charge in [-0.25, -0.2) is 4.57 Å². The SMILES string of the molecule is CC/C=C\C/C=C\C/C=C\C/C=C\C/C=C\C/C=C\C/C=C\C/C=C\C/C=C\C/C=C\CCCCCCCCCCC(=O)OC(COC(=O)CCCCCCCCCCCCCCCCCCCCCCCCCCCCCCCCCCCCCC)COP(=O)(O)OCCN. The minimum atomic E-state index is -4.41. The molecule has 0 rings (SSSR count). The third-order valence-electron chi connectivity index (χ3n) is 17.6.